The summed E-state index contributed by atoms with van der Waals surface area (Å²) in [4.78, 5) is 8.52. The van der Waals surface area contributed by atoms with Crippen molar-refractivity contribution in [2.75, 3.05) is 0 Å². The average Bonchev–Trinajstić information content (AvgIpc) is 2.71. The summed E-state index contributed by atoms with van der Waals surface area (Å²) in [6.45, 7) is 3.65. The third kappa shape index (κ3) is 4.09. The van der Waals surface area contributed by atoms with Crippen molar-refractivity contribution in [3.63, 3.8) is 0 Å². The molecule has 3 aromatic rings. The Morgan fingerprint density at radius 3 is 2.65 bits per heavy atom. The van der Waals surface area contributed by atoms with Gasteiger partial charge in [-0.1, -0.05) is 37.3 Å². The smallest absolute Gasteiger partial charge is 0.376 e. The molecule has 0 spiro atoms. The molecule has 0 bridgehead atoms. The molecule has 1 aliphatic carbocycles. The minimum atomic E-state index is -4.86. The zero-order valence-corrected chi connectivity index (χ0v) is 17.6. The van der Waals surface area contributed by atoms with Crippen LogP contribution in [-0.2, 0) is 11.8 Å². The molecule has 3 nitrogen and oxygen atoms in total. The summed E-state index contributed by atoms with van der Waals surface area (Å²) in [6.07, 6.45) is -2.46. The van der Waals surface area contributed by atoms with Crippen molar-refractivity contribution < 1.29 is 18.3 Å². The third-order valence-electron chi connectivity index (χ3n) is 6.26. The second-order valence-electron chi connectivity index (χ2n) is 8.72. The molecular weight excluding hydrogens is 401 g/mol. The standard InChI is InChI=1S/C25H25F3N2O/c1-17-12-13-19-21(10-5-11-22(19)30-17)29-16-24(31,25(26,27)28)15-23(2)14-6-8-18-7-3-4-9-20(18)23/h3-5,7,9-13,16,31H,6,8,14-15H2,1-2H3/b29-16-. The van der Waals surface area contributed by atoms with Crippen molar-refractivity contribution in [1.29, 1.82) is 0 Å². The number of aliphatic imine (C=N–C) groups is 1. The molecule has 2 aromatic carbocycles. The Bertz CT molecular complexity index is 1140. The largest absolute Gasteiger partial charge is 0.422 e. The zero-order valence-electron chi connectivity index (χ0n) is 17.6. The predicted molar refractivity (Wildman–Crippen MR) is 117 cm³/mol. The fourth-order valence-electron chi connectivity index (χ4n) is 4.66. The summed E-state index contributed by atoms with van der Waals surface area (Å²) >= 11 is 0. The van der Waals surface area contributed by atoms with Crippen molar-refractivity contribution in [3.05, 3.63) is 71.4 Å². The highest BCUT2D eigenvalue weighted by Crippen LogP contribution is 2.46. The summed E-state index contributed by atoms with van der Waals surface area (Å²) in [5, 5.41) is 11.5. The van der Waals surface area contributed by atoms with E-state index in [2.05, 4.69) is 9.98 Å². The number of aryl methyl sites for hydroxylation is 2. The first-order valence-corrected chi connectivity index (χ1v) is 10.4. The van der Waals surface area contributed by atoms with Crippen LogP contribution in [0.3, 0.4) is 0 Å². The van der Waals surface area contributed by atoms with E-state index in [4.69, 9.17) is 0 Å². The lowest BCUT2D eigenvalue weighted by Crippen LogP contribution is -2.51. The summed E-state index contributed by atoms with van der Waals surface area (Å²) in [5.41, 5.74) is -0.116. The van der Waals surface area contributed by atoms with Gasteiger partial charge in [0.1, 0.15) is 0 Å². The summed E-state index contributed by atoms with van der Waals surface area (Å²) in [6, 6.07) is 16.3. The molecule has 4 rings (SSSR count). The molecule has 0 radical (unpaired) electrons. The van der Waals surface area contributed by atoms with Gasteiger partial charge >= 0.3 is 6.18 Å². The predicted octanol–water partition coefficient (Wildman–Crippen LogP) is 6.22. The van der Waals surface area contributed by atoms with Crippen LogP contribution in [0.4, 0.5) is 18.9 Å². The Labute approximate surface area is 179 Å². The second kappa shape index (κ2) is 7.75. The lowest BCUT2D eigenvalue weighted by molar-refractivity contribution is -0.235. The molecule has 1 aromatic heterocycles. The second-order valence-corrected chi connectivity index (χ2v) is 8.72. The topological polar surface area (TPSA) is 45.5 Å². The highest BCUT2D eigenvalue weighted by atomic mass is 19.4. The maximum absolute atomic E-state index is 14.1. The fourth-order valence-corrected chi connectivity index (χ4v) is 4.66. The van der Waals surface area contributed by atoms with Gasteiger partial charge < -0.3 is 5.11 Å². The van der Waals surface area contributed by atoms with Crippen LogP contribution in [0.2, 0.25) is 0 Å². The van der Waals surface area contributed by atoms with Gasteiger partial charge in [-0.3, -0.25) is 9.98 Å². The number of pyridine rings is 1. The van der Waals surface area contributed by atoms with Crippen LogP contribution in [0.1, 0.15) is 43.0 Å². The maximum atomic E-state index is 14.1. The highest BCUT2D eigenvalue weighted by molar-refractivity contribution is 5.92. The molecule has 1 N–H and O–H groups in total. The van der Waals surface area contributed by atoms with Gasteiger partial charge in [0.2, 0.25) is 0 Å². The zero-order chi connectivity index (χ0) is 22.3. The van der Waals surface area contributed by atoms with Crippen LogP contribution >= 0.6 is 0 Å². The normalized spacial score (nSPS) is 21.2. The van der Waals surface area contributed by atoms with Crippen LogP contribution in [0.25, 0.3) is 10.9 Å². The third-order valence-corrected chi connectivity index (χ3v) is 6.26. The van der Waals surface area contributed by atoms with Gasteiger partial charge in [-0.15, -0.1) is 0 Å². The van der Waals surface area contributed by atoms with E-state index >= 15 is 0 Å². The molecular formula is C25H25F3N2O. The average molecular weight is 426 g/mol. The summed E-state index contributed by atoms with van der Waals surface area (Å²) < 4.78 is 42.4. The van der Waals surface area contributed by atoms with Crippen LogP contribution in [0, 0.1) is 6.92 Å². The number of halogens is 3. The van der Waals surface area contributed by atoms with Gasteiger partial charge in [0, 0.05) is 17.3 Å². The SMILES string of the molecule is Cc1ccc2c(/N=C\C(O)(CC3(C)CCCc4ccccc43)C(F)(F)F)cccc2n1. The van der Waals surface area contributed by atoms with E-state index < -0.39 is 23.6 Å². The molecule has 31 heavy (non-hydrogen) atoms. The van der Waals surface area contributed by atoms with Crippen LogP contribution in [0.5, 0.6) is 0 Å². The fraction of sp³-hybridized carbons (Fsp3) is 0.360. The van der Waals surface area contributed by atoms with Crippen LogP contribution < -0.4 is 0 Å². The van der Waals surface area contributed by atoms with Gasteiger partial charge in [-0.2, -0.15) is 13.2 Å². The minimum Gasteiger partial charge on any atom is -0.376 e. The number of aromatic nitrogens is 1. The number of benzene rings is 2. The van der Waals surface area contributed by atoms with Gasteiger partial charge in [-0.25, -0.2) is 0 Å². The van der Waals surface area contributed by atoms with Crippen molar-refractivity contribution in [2.24, 2.45) is 4.99 Å². The lowest BCUT2D eigenvalue weighted by atomic mass is 9.66. The van der Waals surface area contributed by atoms with E-state index in [1.54, 1.807) is 37.3 Å². The molecule has 2 unspecified atom stereocenters. The molecule has 6 heteroatoms. The molecule has 2 atom stereocenters. The quantitative estimate of drug-likeness (QED) is 0.503. The Morgan fingerprint density at radius 1 is 1.10 bits per heavy atom. The number of aliphatic hydroxyl groups is 1. The number of fused-ring (bicyclic) bond motifs is 2. The molecule has 0 aliphatic heterocycles. The summed E-state index contributed by atoms with van der Waals surface area (Å²) in [7, 11) is 0. The Balaban J connectivity index is 1.74. The van der Waals surface area contributed by atoms with Crippen molar-refractivity contribution in [1.82, 2.24) is 4.98 Å². The van der Waals surface area contributed by atoms with E-state index in [0.717, 1.165) is 29.7 Å². The highest BCUT2D eigenvalue weighted by Gasteiger charge is 2.56. The van der Waals surface area contributed by atoms with Gasteiger partial charge in [0.15, 0.2) is 5.60 Å². The molecule has 1 heterocycles. The van der Waals surface area contributed by atoms with Gasteiger partial charge in [0.25, 0.3) is 0 Å². The molecule has 162 valence electrons. The molecule has 1 aliphatic rings. The lowest BCUT2D eigenvalue weighted by Gasteiger charge is -2.41. The van der Waals surface area contributed by atoms with E-state index in [1.807, 2.05) is 31.2 Å². The molecule has 0 saturated heterocycles. The number of alkyl halides is 3. The number of rotatable bonds is 4. The van der Waals surface area contributed by atoms with E-state index in [0.29, 0.717) is 29.2 Å². The monoisotopic (exact) mass is 426 g/mol. The summed E-state index contributed by atoms with van der Waals surface area (Å²) in [5.74, 6) is 0. The van der Waals surface area contributed by atoms with Gasteiger partial charge in [-0.05, 0) is 73.4 Å². The van der Waals surface area contributed by atoms with Gasteiger partial charge in [0.05, 0.1) is 11.2 Å². The van der Waals surface area contributed by atoms with Crippen LogP contribution in [-0.4, -0.2) is 28.1 Å². The van der Waals surface area contributed by atoms with E-state index in [1.165, 1.54) is 0 Å². The van der Waals surface area contributed by atoms with Crippen molar-refractivity contribution >= 4 is 22.8 Å². The number of nitrogens with zero attached hydrogens (tertiary/aromatic N) is 2. The number of hydrogen-bond donors (Lipinski definition) is 1. The Morgan fingerprint density at radius 2 is 1.87 bits per heavy atom. The number of hydrogen-bond acceptors (Lipinski definition) is 3. The first-order chi connectivity index (χ1) is 14.6. The Kier molecular flexibility index (Phi) is 5.38. The minimum absolute atomic E-state index is 0.349. The first-order valence-electron chi connectivity index (χ1n) is 10.4. The maximum Gasteiger partial charge on any atom is 0.422 e. The molecule has 0 saturated carbocycles. The first kappa shape index (κ1) is 21.5. The van der Waals surface area contributed by atoms with Crippen molar-refractivity contribution in [3.8, 4) is 0 Å². The molecule has 0 fully saturated rings. The Hall–Kier alpha value is -2.73. The van der Waals surface area contributed by atoms with Crippen LogP contribution in [0.15, 0.2) is 59.6 Å². The van der Waals surface area contributed by atoms with E-state index in [9.17, 15) is 18.3 Å². The van der Waals surface area contributed by atoms with Crippen molar-refractivity contribution in [2.45, 2.75) is 56.7 Å². The molecule has 0 amide bonds. The van der Waals surface area contributed by atoms with E-state index in [-0.39, 0.29) is 0 Å².